The van der Waals surface area contributed by atoms with Crippen LogP contribution in [0.2, 0.25) is 10.0 Å². The second-order valence-corrected chi connectivity index (χ2v) is 6.88. The summed E-state index contributed by atoms with van der Waals surface area (Å²) in [6.45, 7) is 0. The molecule has 0 saturated carbocycles. The molecule has 22 heavy (non-hydrogen) atoms. The van der Waals surface area contributed by atoms with Crippen LogP contribution in [-0.4, -0.2) is 25.6 Å². The normalized spacial score (nSPS) is 11.0. The van der Waals surface area contributed by atoms with E-state index in [2.05, 4.69) is 4.98 Å². The van der Waals surface area contributed by atoms with Crippen LogP contribution in [0.1, 0.15) is 10.4 Å². The highest BCUT2D eigenvalue weighted by Gasteiger charge is 2.13. The van der Waals surface area contributed by atoms with Crippen LogP contribution in [0, 0.1) is 0 Å². The maximum absolute atomic E-state index is 11.7. The highest BCUT2D eigenvalue weighted by atomic mass is 35.5. The number of hydrogen-bond acceptors (Lipinski definition) is 5. The molecule has 6 nitrogen and oxygen atoms in total. The van der Waals surface area contributed by atoms with E-state index in [1.807, 2.05) is 4.72 Å². The number of carbonyl (C=O) groups excluding carboxylic acids is 1. The Kier molecular flexibility index (Phi) is 4.90. The van der Waals surface area contributed by atoms with E-state index in [9.17, 15) is 13.2 Å². The average molecular weight is 361 g/mol. The lowest BCUT2D eigenvalue weighted by molar-refractivity contribution is 0.0981. The van der Waals surface area contributed by atoms with Crippen molar-refractivity contribution in [1.82, 2.24) is 9.71 Å². The number of ether oxygens (including phenoxy) is 1. The molecule has 1 heterocycles. The number of carbonyl (C=O) groups is 1. The third-order valence-electron chi connectivity index (χ3n) is 2.38. The van der Waals surface area contributed by atoms with E-state index >= 15 is 0 Å². The van der Waals surface area contributed by atoms with Gasteiger partial charge < -0.3 is 4.74 Å². The summed E-state index contributed by atoms with van der Waals surface area (Å²) in [6.07, 6.45) is 3.79. The highest BCUT2D eigenvalue weighted by Crippen LogP contribution is 2.30. The van der Waals surface area contributed by atoms with Crippen molar-refractivity contribution in [1.29, 1.82) is 0 Å². The van der Waals surface area contributed by atoms with E-state index < -0.39 is 15.9 Å². The Morgan fingerprint density at radius 2 is 1.95 bits per heavy atom. The van der Waals surface area contributed by atoms with Gasteiger partial charge in [-0.25, -0.2) is 13.1 Å². The number of rotatable bonds is 4. The van der Waals surface area contributed by atoms with Crippen LogP contribution < -0.4 is 9.46 Å². The molecule has 0 fully saturated rings. The van der Waals surface area contributed by atoms with E-state index in [1.54, 1.807) is 6.07 Å². The molecule has 116 valence electrons. The third kappa shape index (κ3) is 4.59. The smallest absolute Gasteiger partial charge is 0.264 e. The molecule has 0 bridgehead atoms. The van der Waals surface area contributed by atoms with Crippen molar-refractivity contribution in [3.05, 3.63) is 52.3 Å². The first kappa shape index (κ1) is 16.5. The summed E-state index contributed by atoms with van der Waals surface area (Å²) in [5.41, 5.74) is 0.0898. The first-order chi connectivity index (χ1) is 10.2. The monoisotopic (exact) mass is 360 g/mol. The fourth-order valence-corrected chi connectivity index (χ4v) is 2.36. The van der Waals surface area contributed by atoms with Gasteiger partial charge >= 0.3 is 0 Å². The quantitative estimate of drug-likeness (QED) is 0.905. The second kappa shape index (κ2) is 6.51. The molecule has 0 radical (unpaired) electrons. The summed E-state index contributed by atoms with van der Waals surface area (Å²) in [7, 11) is -3.64. The first-order valence-corrected chi connectivity index (χ1v) is 8.49. The fraction of sp³-hybridized carbons (Fsp3) is 0.0769. The van der Waals surface area contributed by atoms with Crippen LogP contribution in [0.15, 0.2) is 36.7 Å². The molecular formula is C13H10Cl2N2O4S. The standard InChI is InChI=1S/C13H10Cl2N2O4S/c1-22(19,20)17-13(18)8-2-3-12(11(15)4-8)21-10-5-9(14)6-16-7-10/h2-7H,1H3,(H,17,18). The van der Waals surface area contributed by atoms with Crippen molar-refractivity contribution in [2.75, 3.05) is 6.26 Å². The Balaban J connectivity index is 2.21. The molecule has 0 spiro atoms. The molecule has 9 heteroatoms. The second-order valence-electron chi connectivity index (χ2n) is 4.29. The van der Waals surface area contributed by atoms with Crippen LogP contribution in [0.5, 0.6) is 11.5 Å². The molecule has 0 saturated heterocycles. The summed E-state index contributed by atoms with van der Waals surface area (Å²) in [4.78, 5) is 15.6. The van der Waals surface area contributed by atoms with Crippen molar-refractivity contribution in [3.8, 4) is 11.5 Å². The Labute approximate surface area is 137 Å². The molecule has 1 amide bonds. The van der Waals surface area contributed by atoms with Gasteiger partial charge in [-0.2, -0.15) is 0 Å². The van der Waals surface area contributed by atoms with Crippen molar-refractivity contribution in [3.63, 3.8) is 0 Å². The zero-order valence-electron chi connectivity index (χ0n) is 11.2. The number of sulfonamides is 1. The van der Waals surface area contributed by atoms with Crippen molar-refractivity contribution in [2.45, 2.75) is 0 Å². The Hall–Kier alpha value is -1.83. The minimum Gasteiger partial charge on any atom is -0.454 e. The zero-order valence-corrected chi connectivity index (χ0v) is 13.5. The van der Waals surface area contributed by atoms with Crippen molar-refractivity contribution < 1.29 is 17.9 Å². The van der Waals surface area contributed by atoms with Gasteiger partial charge in [-0.3, -0.25) is 9.78 Å². The number of amides is 1. The summed E-state index contributed by atoms with van der Waals surface area (Å²) in [5, 5.41) is 0.541. The SMILES string of the molecule is CS(=O)(=O)NC(=O)c1ccc(Oc2cncc(Cl)c2)c(Cl)c1. The number of pyridine rings is 1. The summed E-state index contributed by atoms with van der Waals surface area (Å²) < 4.78 is 29.4. The number of hydrogen-bond donors (Lipinski definition) is 1. The number of nitrogens with one attached hydrogen (secondary N) is 1. The number of nitrogens with zero attached hydrogens (tertiary/aromatic N) is 1. The summed E-state index contributed by atoms with van der Waals surface area (Å²) in [6, 6.07) is 5.69. The predicted molar refractivity (Wildman–Crippen MR) is 83.1 cm³/mol. The Morgan fingerprint density at radius 3 is 2.55 bits per heavy atom. The minimum absolute atomic E-state index is 0.0898. The molecule has 1 aromatic carbocycles. The van der Waals surface area contributed by atoms with Gasteiger partial charge in [0.25, 0.3) is 5.91 Å². The molecule has 0 aliphatic rings. The fourth-order valence-electron chi connectivity index (χ4n) is 1.53. The van der Waals surface area contributed by atoms with Crippen LogP contribution in [0.3, 0.4) is 0 Å². The molecule has 0 aliphatic heterocycles. The molecule has 2 aromatic rings. The molecule has 0 atom stereocenters. The van der Waals surface area contributed by atoms with Gasteiger partial charge in [-0.1, -0.05) is 23.2 Å². The van der Waals surface area contributed by atoms with Gasteiger partial charge in [0.1, 0.15) is 11.5 Å². The van der Waals surface area contributed by atoms with Crippen LogP contribution in [-0.2, 0) is 10.0 Å². The minimum atomic E-state index is -3.64. The predicted octanol–water partition coefficient (Wildman–Crippen LogP) is 2.87. The lowest BCUT2D eigenvalue weighted by Crippen LogP contribution is -2.29. The highest BCUT2D eigenvalue weighted by molar-refractivity contribution is 7.89. The summed E-state index contributed by atoms with van der Waals surface area (Å²) >= 11 is 11.8. The first-order valence-electron chi connectivity index (χ1n) is 5.85. The van der Waals surface area contributed by atoms with E-state index in [1.165, 1.54) is 30.6 Å². The van der Waals surface area contributed by atoms with Gasteiger partial charge in [0.05, 0.1) is 22.5 Å². The van der Waals surface area contributed by atoms with E-state index in [0.29, 0.717) is 10.8 Å². The Morgan fingerprint density at radius 1 is 1.23 bits per heavy atom. The van der Waals surface area contributed by atoms with Crippen molar-refractivity contribution in [2.24, 2.45) is 0 Å². The third-order valence-corrected chi connectivity index (χ3v) is 3.44. The van der Waals surface area contributed by atoms with E-state index in [-0.39, 0.29) is 16.3 Å². The van der Waals surface area contributed by atoms with Gasteiger partial charge in [-0.05, 0) is 18.2 Å². The number of halogens is 2. The molecule has 0 aliphatic carbocycles. The van der Waals surface area contributed by atoms with E-state index in [4.69, 9.17) is 27.9 Å². The largest absolute Gasteiger partial charge is 0.454 e. The maximum atomic E-state index is 11.7. The number of benzene rings is 1. The van der Waals surface area contributed by atoms with Crippen LogP contribution >= 0.6 is 23.2 Å². The Bertz CT molecular complexity index is 825. The van der Waals surface area contributed by atoms with Gasteiger partial charge in [0.2, 0.25) is 10.0 Å². The van der Waals surface area contributed by atoms with Gasteiger partial charge in [0, 0.05) is 17.8 Å². The number of aromatic nitrogens is 1. The van der Waals surface area contributed by atoms with Gasteiger partial charge in [-0.15, -0.1) is 0 Å². The van der Waals surface area contributed by atoms with Crippen LogP contribution in [0.4, 0.5) is 0 Å². The molecule has 1 N–H and O–H groups in total. The molecule has 1 aromatic heterocycles. The maximum Gasteiger partial charge on any atom is 0.264 e. The molecule has 0 unspecified atom stereocenters. The van der Waals surface area contributed by atoms with Crippen molar-refractivity contribution >= 4 is 39.1 Å². The average Bonchev–Trinajstić information content (AvgIpc) is 2.39. The lowest BCUT2D eigenvalue weighted by atomic mass is 10.2. The molecule has 2 rings (SSSR count). The molecular weight excluding hydrogens is 351 g/mol. The lowest BCUT2D eigenvalue weighted by Gasteiger charge is -2.09. The topological polar surface area (TPSA) is 85.4 Å². The van der Waals surface area contributed by atoms with E-state index in [0.717, 1.165) is 6.26 Å². The van der Waals surface area contributed by atoms with Crippen LogP contribution in [0.25, 0.3) is 0 Å². The summed E-state index contributed by atoms with van der Waals surface area (Å²) in [5.74, 6) is -0.121. The zero-order chi connectivity index (χ0) is 16.3. The van der Waals surface area contributed by atoms with Gasteiger partial charge in [0.15, 0.2) is 0 Å².